The third-order valence-corrected chi connectivity index (χ3v) is 3.31. The fourth-order valence-corrected chi connectivity index (χ4v) is 2.00. The molecule has 1 heterocycles. The zero-order valence-corrected chi connectivity index (χ0v) is 11.4. The van der Waals surface area contributed by atoms with Crippen molar-refractivity contribution < 1.29 is 4.74 Å². The molecular formula is C15H17N3O2. The van der Waals surface area contributed by atoms with Crippen molar-refractivity contribution in [1.29, 1.82) is 0 Å². The number of nitrogens with one attached hydrogen (secondary N) is 1. The minimum atomic E-state index is -0.0912. The van der Waals surface area contributed by atoms with Crippen LogP contribution in [-0.2, 0) is 6.54 Å². The molecule has 0 amide bonds. The molecule has 1 aromatic heterocycles. The molecular weight excluding hydrogens is 254 g/mol. The molecule has 104 valence electrons. The van der Waals surface area contributed by atoms with Crippen molar-refractivity contribution in [3.8, 4) is 5.75 Å². The molecule has 0 spiro atoms. The second kappa shape index (κ2) is 5.36. The normalized spacial score (nSPS) is 14.1. The summed E-state index contributed by atoms with van der Waals surface area (Å²) in [7, 11) is 1.63. The summed E-state index contributed by atoms with van der Waals surface area (Å²) in [6, 6.07) is 9.75. The summed E-state index contributed by atoms with van der Waals surface area (Å²) in [6.07, 6.45) is 4.06. The molecule has 5 nitrogen and oxygen atoms in total. The molecule has 5 heteroatoms. The minimum Gasteiger partial charge on any atom is -0.497 e. The van der Waals surface area contributed by atoms with E-state index in [4.69, 9.17) is 4.74 Å². The first-order chi connectivity index (χ1) is 9.74. The predicted molar refractivity (Wildman–Crippen MR) is 77.2 cm³/mol. The van der Waals surface area contributed by atoms with Crippen molar-refractivity contribution in [2.75, 3.05) is 12.4 Å². The van der Waals surface area contributed by atoms with Crippen LogP contribution in [-0.4, -0.2) is 22.9 Å². The van der Waals surface area contributed by atoms with E-state index in [-0.39, 0.29) is 5.56 Å². The lowest BCUT2D eigenvalue weighted by atomic mass is 10.2. The average Bonchev–Trinajstić information content (AvgIpc) is 3.27. The zero-order valence-electron chi connectivity index (χ0n) is 11.4. The van der Waals surface area contributed by atoms with Crippen LogP contribution in [0.2, 0.25) is 0 Å². The number of aromatic nitrogens is 2. The van der Waals surface area contributed by atoms with Gasteiger partial charge in [-0.05, 0) is 30.5 Å². The van der Waals surface area contributed by atoms with Gasteiger partial charge in [0.1, 0.15) is 5.75 Å². The van der Waals surface area contributed by atoms with Gasteiger partial charge in [0.05, 0.1) is 25.5 Å². The molecule has 0 saturated heterocycles. The van der Waals surface area contributed by atoms with E-state index in [1.54, 1.807) is 19.4 Å². The first-order valence-corrected chi connectivity index (χ1v) is 6.71. The fourth-order valence-electron chi connectivity index (χ4n) is 2.00. The predicted octanol–water partition coefficient (Wildman–Crippen LogP) is 1.87. The summed E-state index contributed by atoms with van der Waals surface area (Å²) in [5.41, 5.74) is 1.73. The van der Waals surface area contributed by atoms with Crippen LogP contribution >= 0.6 is 0 Å². The van der Waals surface area contributed by atoms with Crippen LogP contribution in [0.3, 0.4) is 0 Å². The molecule has 0 aliphatic heterocycles. The highest BCUT2D eigenvalue weighted by Crippen LogP contribution is 2.23. The van der Waals surface area contributed by atoms with Gasteiger partial charge >= 0.3 is 0 Å². The Bertz CT molecular complexity index is 645. The molecule has 2 aromatic rings. The maximum Gasteiger partial charge on any atom is 0.269 e. The quantitative estimate of drug-likeness (QED) is 0.902. The highest BCUT2D eigenvalue weighted by atomic mass is 16.5. The van der Waals surface area contributed by atoms with Crippen LogP contribution in [0.1, 0.15) is 18.4 Å². The van der Waals surface area contributed by atoms with Gasteiger partial charge in [-0.15, -0.1) is 0 Å². The number of nitrogens with zero attached hydrogens (tertiary/aromatic N) is 2. The molecule has 3 rings (SSSR count). The second-order valence-corrected chi connectivity index (χ2v) is 5.01. The largest absolute Gasteiger partial charge is 0.497 e. The van der Waals surface area contributed by atoms with Gasteiger partial charge < -0.3 is 10.1 Å². The van der Waals surface area contributed by atoms with Crippen LogP contribution < -0.4 is 15.6 Å². The Morgan fingerprint density at radius 1 is 1.35 bits per heavy atom. The zero-order chi connectivity index (χ0) is 13.9. The summed E-state index contributed by atoms with van der Waals surface area (Å²) >= 11 is 0. The number of anilines is 1. The van der Waals surface area contributed by atoms with Gasteiger partial charge in [-0.3, -0.25) is 4.79 Å². The smallest absolute Gasteiger partial charge is 0.269 e. The van der Waals surface area contributed by atoms with Gasteiger partial charge in [0, 0.05) is 12.1 Å². The highest BCUT2D eigenvalue weighted by molar-refractivity contribution is 5.41. The molecule has 20 heavy (non-hydrogen) atoms. The van der Waals surface area contributed by atoms with Crippen LogP contribution in [0.15, 0.2) is 41.3 Å². The monoisotopic (exact) mass is 271 g/mol. The maximum absolute atomic E-state index is 12.0. The van der Waals surface area contributed by atoms with Gasteiger partial charge in [-0.2, -0.15) is 5.10 Å². The molecule has 0 bridgehead atoms. The molecule has 1 aromatic carbocycles. The van der Waals surface area contributed by atoms with Gasteiger partial charge in [0.15, 0.2) is 0 Å². The Kier molecular flexibility index (Phi) is 3.41. The topological polar surface area (TPSA) is 56.1 Å². The van der Waals surface area contributed by atoms with Crippen LogP contribution in [0.4, 0.5) is 5.69 Å². The number of benzene rings is 1. The molecule has 1 aliphatic rings. The maximum atomic E-state index is 12.0. The Morgan fingerprint density at radius 2 is 2.10 bits per heavy atom. The third-order valence-electron chi connectivity index (χ3n) is 3.31. The number of methoxy groups -OCH3 is 1. The molecule has 1 N–H and O–H groups in total. The lowest BCUT2D eigenvalue weighted by molar-refractivity contribution is 0.414. The Hall–Kier alpha value is -2.30. The van der Waals surface area contributed by atoms with E-state index in [2.05, 4.69) is 10.4 Å². The van der Waals surface area contributed by atoms with Gasteiger partial charge in [0.25, 0.3) is 5.56 Å². The SMILES string of the molecule is COc1ccc(Cn2ncc(NC3CC3)cc2=O)cc1. The van der Waals surface area contributed by atoms with Crippen LogP contribution in [0.25, 0.3) is 0 Å². The highest BCUT2D eigenvalue weighted by Gasteiger charge is 2.21. The molecule has 0 atom stereocenters. The molecule has 1 aliphatic carbocycles. The van der Waals surface area contributed by atoms with Crippen LogP contribution in [0, 0.1) is 0 Å². The summed E-state index contributed by atoms with van der Waals surface area (Å²) in [5, 5.41) is 7.48. The van der Waals surface area contributed by atoms with E-state index in [1.807, 2.05) is 24.3 Å². The van der Waals surface area contributed by atoms with Gasteiger partial charge in [-0.25, -0.2) is 4.68 Å². The van der Waals surface area contributed by atoms with E-state index in [0.29, 0.717) is 12.6 Å². The van der Waals surface area contributed by atoms with Crippen molar-refractivity contribution >= 4 is 5.69 Å². The van der Waals surface area contributed by atoms with E-state index >= 15 is 0 Å². The molecule has 1 saturated carbocycles. The average molecular weight is 271 g/mol. The van der Waals surface area contributed by atoms with Crippen molar-refractivity contribution in [3.63, 3.8) is 0 Å². The fraction of sp³-hybridized carbons (Fsp3) is 0.333. The minimum absolute atomic E-state index is 0.0912. The lowest BCUT2D eigenvalue weighted by Crippen LogP contribution is -2.23. The Labute approximate surface area is 117 Å². The summed E-state index contributed by atoms with van der Waals surface area (Å²) in [6.45, 7) is 0.465. The number of hydrogen-bond acceptors (Lipinski definition) is 4. The van der Waals surface area contributed by atoms with Crippen LogP contribution in [0.5, 0.6) is 5.75 Å². The van der Waals surface area contributed by atoms with E-state index in [1.165, 1.54) is 17.5 Å². The standard InChI is InChI=1S/C15H17N3O2/c1-20-14-6-2-11(3-7-14)10-18-15(19)8-13(9-16-18)17-12-4-5-12/h2-3,6-9,12,17H,4-5,10H2,1H3. The van der Waals surface area contributed by atoms with Crippen molar-refractivity contribution in [1.82, 2.24) is 9.78 Å². The van der Waals surface area contributed by atoms with E-state index in [0.717, 1.165) is 17.0 Å². The van der Waals surface area contributed by atoms with Gasteiger partial charge in [-0.1, -0.05) is 12.1 Å². The van der Waals surface area contributed by atoms with E-state index in [9.17, 15) is 4.79 Å². The van der Waals surface area contributed by atoms with Gasteiger partial charge in [0.2, 0.25) is 0 Å². The van der Waals surface area contributed by atoms with Crippen molar-refractivity contribution in [3.05, 3.63) is 52.4 Å². The first kappa shape index (κ1) is 12.7. The molecule has 1 fully saturated rings. The summed E-state index contributed by atoms with van der Waals surface area (Å²) in [5.74, 6) is 0.804. The second-order valence-electron chi connectivity index (χ2n) is 5.01. The number of rotatable bonds is 5. The third kappa shape index (κ3) is 2.99. The lowest BCUT2D eigenvalue weighted by Gasteiger charge is -2.08. The van der Waals surface area contributed by atoms with Crippen molar-refractivity contribution in [2.45, 2.75) is 25.4 Å². The Balaban J connectivity index is 1.74. The summed E-state index contributed by atoms with van der Waals surface area (Å²) < 4.78 is 6.57. The Morgan fingerprint density at radius 3 is 2.70 bits per heavy atom. The van der Waals surface area contributed by atoms with E-state index < -0.39 is 0 Å². The van der Waals surface area contributed by atoms with Crippen molar-refractivity contribution in [2.24, 2.45) is 0 Å². The number of ether oxygens (including phenoxy) is 1. The summed E-state index contributed by atoms with van der Waals surface area (Å²) in [4.78, 5) is 12.0. The number of hydrogen-bond donors (Lipinski definition) is 1. The molecule has 0 unspecified atom stereocenters. The first-order valence-electron chi connectivity index (χ1n) is 6.71. The molecule has 0 radical (unpaired) electrons.